The highest BCUT2D eigenvalue weighted by atomic mass is 16.5. The zero-order valence-electron chi connectivity index (χ0n) is 13.6. The molecule has 0 aromatic heterocycles. The van der Waals surface area contributed by atoms with Crippen molar-refractivity contribution in [3.05, 3.63) is 53.6 Å². The average molecular weight is 325 g/mol. The molecule has 2 N–H and O–H groups in total. The first-order valence-corrected chi connectivity index (χ1v) is 7.64. The van der Waals surface area contributed by atoms with Crippen LogP contribution >= 0.6 is 0 Å². The quantitative estimate of drug-likeness (QED) is 0.902. The van der Waals surface area contributed by atoms with Crippen LogP contribution < -0.4 is 20.3 Å². The number of anilines is 2. The molecule has 1 heterocycles. The van der Waals surface area contributed by atoms with Gasteiger partial charge in [0.05, 0.1) is 5.69 Å². The van der Waals surface area contributed by atoms with Gasteiger partial charge in [0.15, 0.2) is 6.61 Å². The number of nitrogens with zero attached hydrogens (tertiary/aromatic N) is 1. The summed E-state index contributed by atoms with van der Waals surface area (Å²) in [5.74, 6) is 0.325. The normalized spacial score (nSPS) is 12.7. The van der Waals surface area contributed by atoms with Crippen LogP contribution in [0.25, 0.3) is 0 Å². The number of nitrogens with one attached hydrogen (secondary N) is 2. The monoisotopic (exact) mass is 325 g/mol. The summed E-state index contributed by atoms with van der Waals surface area (Å²) in [6, 6.07) is 12.9. The molecule has 2 aromatic carbocycles. The van der Waals surface area contributed by atoms with Gasteiger partial charge in [-0.2, -0.15) is 0 Å². The van der Waals surface area contributed by atoms with Crippen LogP contribution in [0.5, 0.6) is 5.75 Å². The highest BCUT2D eigenvalue weighted by Gasteiger charge is 2.16. The lowest BCUT2D eigenvalue weighted by atomic mass is 10.1. The van der Waals surface area contributed by atoms with Crippen LogP contribution in [0.1, 0.15) is 15.9 Å². The minimum absolute atomic E-state index is 0.0140. The van der Waals surface area contributed by atoms with Crippen LogP contribution in [0, 0.1) is 0 Å². The zero-order chi connectivity index (χ0) is 17.1. The lowest BCUT2D eigenvalue weighted by molar-refractivity contribution is -0.118. The van der Waals surface area contributed by atoms with Gasteiger partial charge in [0, 0.05) is 31.9 Å². The molecule has 1 aliphatic rings. The van der Waals surface area contributed by atoms with Crippen molar-refractivity contribution in [2.75, 3.05) is 30.9 Å². The second-order valence-electron chi connectivity index (χ2n) is 5.79. The molecule has 0 atom stereocenters. The van der Waals surface area contributed by atoms with Crippen molar-refractivity contribution >= 4 is 23.2 Å². The van der Waals surface area contributed by atoms with Gasteiger partial charge in [0.25, 0.3) is 11.8 Å². The molecule has 0 fully saturated rings. The maximum absolute atomic E-state index is 12.3. The molecule has 0 bridgehead atoms. The number of hydrogen-bond donors (Lipinski definition) is 2. The molecular weight excluding hydrogens is 306 g/mol. The second-order valence-corrected chi connectivity index (χ2v) is 5.79. The summed E-state index contributed by atoms with van der Waals surface area (Å²) in [7, 11) is 3.87. The third-order valence-corrected chi connectivity index (χ3v) is 3.76. The molecule has 0 unspecified atom stereocenters. The highest BCUT2D eigenvalue weighted by Crippen LogP contribution is 2.28. The summed E-state index contributed by atoms with van der Waals surface area (Å²) in [5, 5.41) is 5.64. The number of ether oxygens (including phenoxy) is 1. The number of benzene rings is 2. The minimum atomic E-state index is -0.163. The number of hydrogen-bond acceptors (Lipinski definition) is 4. The van der Waals surface area contributed by atoms with Gasteiger partial charge in [-0.1, -0.05) is 12.1 Å². The van der Waals surface area contributed by atoms with Crippen LogP contribution in [0.3, 0.4) is 0 Å². The van der Waals surface area contributed by atoms with E-state index in [9.17, 15) is 9.59 Å². The Morgan fingerprint density at radius 3 is 2.88 bits per heavy atom. The van der Waals surface area contributed by atoms with Gasteiger partial charge in [-0.05, 0) is 35.9 Å². The van der Waals surface area contributed by atoms with Crippen molar-refractivity contribution in [1.82, 2.24) is 5.32 Å². The Labute approximate surface area is 140 Å². The predicted molar refractivity (Wildman–Crippen MR) is 92.5 cm³/mol. The van der Waals surface area contributed by atoms with Crippen LogP contribution in [0.4, 0.5) is 11.4 Å². The molecular formula is C18H19N3O3. The maximum Gasteiger partial charge on any atom is 0.262 e. The van der Waals surface area contributed by atoms with E-state index < -0.39 is 0 Å². The Morgan fingerprint density at radius 1 is 1.25 bits per heavy atom. The fourth-order valence-corrected chi connectivity index (χ4v) is 2.44. The van der Waals surface area contributed by atoms with Crippen molar-refractivity contribution < 1.29 is 14.3 Å². The van der Waals surface area contributed by atoms with E-state index in [1.165, 1.54) is 0 Å². The van der Waals surface area contributed by atoms with Crippen LogP contribution in [-0.4, -0.2) is 32.5 Å². The number of rotatable bonds is 4. The summed E-state index contributed by atoms with van der Waals surface area (Å²) < 4.78 is 5.38. The Bertz CT molecular complexity index is 787. The van der Waals surface area contributed by atoms with E-state index in [2.05, 4.69) is 10.6 Å². The van der Waals surface area contributed by atoms with Gasteiger partial charge in [-0.15, -0.1) is 0 Å². The van der Waals surface area contributed by atoms with Crippen LogP contribution in [0.2, 0.25) is 0 Å². The van der Waals surface area contributed by atoms with E-state index in [0.29, 0.717) is 23.5 Å². The molecule has 0 saturated carbocycles. The zero-order valence-corrected chi connectivity index (χ0v) is 13.6. The van der Waals surface area contributed by atoms with E-state index in [4.69, 9.17) is 4.74 Å². The Hall–Kier alpha value is -3.02. The molecule has 6 nitrogen and oxygen atoms in total. The fourth-order valence-electron chi connectivity index (χ4n) is 2.44. The molecule has 0 spiro atoms. The summed E-state index contributed by atoms with van der Waals surface area (Å²) in [6.45, 7) is 0.399. The second kappa shape index (κ2) is 6.62. The van der Waals surface area contributed by atoms with E-state index >= 15 is 0 Å². The first-order chi connectivity index (χ1) is 11.5. The van der Waals surface area contributed by atoms with Gasteiger partial charge in [0.1, 0.15) is 5.75 Å². The van der Waals surface area contributed by atoms with Gasteiger partial charge in [-0.25, -0.2) is 0 Å². The van der Waals surface area contributed by atoms with Gasteiger partial charge < -0.3 is 20.3 Å². The standard InChI is InChI=1S/C18H19N3O3/c1-21(2)14-5-3-4-13(9-14)18(23)19-10-12-6-7-15-16(8-12)24-11-17(22)20-15/h3-9H,10-11H2,1-2H3,(H,19,23)(H,20,22). The molecule has 2 aromatic rings. The molecule has 0 radical (unpaired) electrons. The molecule has 2 amide bonds. The van der Waals surface area contributed by atoms with Crippen molar-refractivity contribution in [1.29, 1.82) is 0 Å². The smallest absolute Gasteiger partial charge is 0.262 e. The SMILES string of the molecule is CN(C)c1cccc(C(=O)NCc2ccc3c(c2)OCC(=O)N3)c1. The Kier molecular flexibility index (Phi) is 4.37. The van der Waals surface area contributed by atoms with E-state index in [1.807, 2.05) is 49.3 Å². The summed E-state index contributed by atoms with van der Waals surface area (Å²) in [5.41, 5.74) is 3.14. The van der Waals surface area contributed by atoms with Gasteiger partial charge in [0.2, 0.25) is 0 Å². The third kappa shape index (κ3) is 3.48. The first-order valence-electron chi connectivity index (χ1n) is 7.64. The third-order valence-electron chi connectivity index (χ3n) is 3.76. The number of carbonyl (C=O) groups excluding carboxylic acids is 2. The summed E-state index contributed by atoms with van der Waals surface area (Å²) in [4.78, 5) is 25.5. The van der Waals surface area contributed by atoms with Gasteiger partial charge in [-0.3, -0.25) is 9.59 Å². The fraction of sp³-hybridized carbons (Fsp3) is 0.222. The summed E-state index contributed by atoms with van der Waals surface area (Å²) >= 11 is 0. The number of fused-ring (bicyclic) bond motifs is 1. The molecule has 24 heavy (non-hydrogen) atoms. The predicted octanol–water partition coefficient (Wildman–Crippen LogP) is 2.01. The Morgan fingerprint density at radius 2 is 2.08 bits per heavy atom. The molecule has 0 saturated heterocycles. The highest BCUT2D eigenvalue weighted by molar-refractivity contribution is 5.96. The van der Waals surface area contributed by atoms with Crippen molar-refractivity contribution in [2.45, 2.75) is 6.54 Å². The van der Waals surface area contributed by atoms with Crippen LogP contribution in [-0.2, 0) is 11.3 Å². The number of carbonyl (C=O) groups is 2. The Balaban J connectivity index is 1.66. The first kappa shape index (κ1) is 15.9. The maximum atomic E-state index is 12.3. The van der Waals surface area contributed by atoms with Crippen molar-refractivity contribution in [3.8, 4) is 5.75 Å². The summed E-state index contributed by atoms with van der Waals surface area (Å²) in [6.07, 6.45) is 0. The molecule has 3 rings (SSSR count). The molecule has 1 aliphatic heterocycles. The number of amides is 2. The lowest BCUT2D eigenvalue weighted by Gasteiger charge is -2.18. The minimum Gasteiger partial charge on any atom is -0.482 e. The van der Waals surface area contributed by atoms with Gasteiger partial charge >= 0.3 is 0 Å². The molecule has 0 aliphatic carbocycles. The van der Waals surface area contributed by atoms with E-state index in [1.54, 1.807) is 12.1 Å². The average Bonchev–Trinajstić information content (AvgIpc) is 2.59. The largest absolute Gasteiger partial charge is 0.482 e. The molecule has 6 heteroatoms. The lowest BCUT2D eigenvalue weighted by Crippen LogP contribution is -2.26. The molecule has 124 valence electrons. The topological polar surface area (TPSA) is 70.7 Å². The van der Waals surface area contributed by atoms with Crippen molar-refractivity contribution in [2.24, 2.45) is 0 Å². The van der Waals surface area contributed by atoms with Crippen LogP contribution in [0.15, 0.2) is 42.5 Å². The van der Waals surface area contributed by atoms with Crippen molar-refractivity contribution in [3.63, 3.8) is 0 Å². The van der Waals surface area contributed by atoms with E-state index in [-0.39, 0.29) is 18.4 Å². The van der Waals surface area contributed by atoms with E-state index in [0.717, 1.165) is 11.3 Å².